The van der Waals surface area contributed by atoms with Gasteiger partial charge in [-0.3, -0.25) is 9.20 Å². The van der Waals surface area contributed by atoms with Crippen LogP contribution >= 0.6 is 0 Å². The van der Waals surface area contributed by atoms with Crippen LogP contribution < -0.4 is 26.0 Å². The number of hydrogen-bond donors (Lipinski definition) is 3. The molecule has 3 heterocycles. The lowest BCUT2D eigenvalue weighted by atomic mass is 10.1. The van der Waals surface area contributed by atoms with Gasteiger partial charge in [0.15, 0.2) is 5.75 Å². The highest BCUT2D eigenvalue weighted by Crippen LogP contribution is 2.26. The summed E-state index contributed by atoms with van der Waals surface area (Å²) in [5, 5.41) is 12.7. The number of quaternary nitrogens is 1. The minimum Gasteiger partial charge on any atom is -0.491 e. The molecule has 1 aromatic carbocycles. The summed E-state index contributed by atoms with van der Waals surface area (Å²) in [5.74, 6) is 0.555. The van der Waals surface area contributed by atoms with Crippen molar-refractivity contribution in [2.24, 2.45) is 0 Å². The number of nitrogens with one attached hydrogen (secondary N) is 1. The highest BCUT2D eigenvalue weighted by molar-refractivity contribution is 5.67. The molecule has 0 amide bonds. The van der Waals surface area contributed by atoms with Gasteiger partial charge in [0.25, 0.3) is 5.56 Å². The van der Waals surface area contributed by atoms with E-state index in [1.807, 2.05) is 24.4 Å². The van der Waals surface area contributed by atoms with E-state index in [1.54, 1.807) is 23.6 Å². The lowest BCUT2D eigenvalue weighted by molar-refractivity contribution is -0.825. The maximum atomic E-state index is 12.7. The van der Waals surface area contributed by atoms with E-state index in [1.165, 1.54) is 6.07 Å². The molecule has 140 valence electrons. The lowest BCUT2D eigenvalue weighted by Crippen LogP contribution is -2.73. The first-order valence-corrected chi connectivity index (χ1v) is 8.84. The van der Waals surface area contributed by atoms with E-state index in [4.69, 9.17) is 4.74 Å². The van der Waals surface area contributed by atoms with E-state index in [-0.39, 0.29) is 5.56 Å². The summed E-state index contributed by atoms with van der Waals surface area (Å²) < 4.78 is 6.78. The van der Waals surface area contributed by atoms with Crippen molar-refractivity contribution in [3.05, 3.63) is 52.9 Å². The van der Waals surface area contributed by atoms with E-state index in [2.05, 4.69) is 15.2 Å². The number of nitrogens with two attached hydrogens (primary N) is 1. The molecule has 27 heavy (non-hydrogen) atoms. The minimum atomic E-state index is -0.141. The van der Waals surface area contributed by atoms with Gasteiger partial charge in [-0.1, -0.05) is 0 Å². The molecule has 0 spiro atoms. The van der Waals surface area contributed by atoms with E-state index in [9.17, 15) is 10.0 Å². The number of hydrogen-bond acceptors (Lipinski definition) is 6. The maximum Gasteiger partial charge on any atom is 0.258 e. The average Bonchev–Trinajstić information content (AvgIpc) is 2.73. The molecule has 1 aliphatic rings. The molecule has 0 atom stereocenters. The van der Waals surface area contributed by atoms with Crippen molar-refractivity contribution in [3.8, 4) is 17.0 Å². The molecule has 1 saturated heterocycles. The van der Waals surface area contributed by atoms with Crippen LogP contribution in [0.15, 0.2) is 47.4 Å². The second-order valence-corrected chi connectivity index (χ2v) is 6.42. The predicted molar refractivity (Wildman–Crippen MR) is 102 cm³/mol. The summed E-state index contributed by atoms with van der Waals surface area (Å²) in [6, 6.07) is 10.7. The van der Waals surface area contributed by atoms with E-state index in [0.717, 1.165) is 42.9 Å². The molecule has 8 nitrogen and oxygen atoms in total. The Morgan fingerprint density at radius 1 is 1.19 bits per heavy atom. The molecular weight excluding hydrogens is 346 g/mol. The van der Waals surface area contributed by atoms with Crippen LogP contribution in [0.5, 0.6) is 5.75 Å². The van der Waals surface area contributed by atoms with Crippen molar-refractivity contribution in [1.29, 1.82) is 0 Å². The zero-order chi connectivity index (χ0) is 18.8. The van der Waals surface area contributed by atoms with Crippen LogP contribution in [0.3, 0.4) is 0 Å². The summed E-state index contributed by atoms with van der Waals surface area (Å²) in [6.45, 7) is 3.70. The highest BCUT2D eigenvalue weighted by atomic mass is 16.5. The first kappa shape index (κ1) is 17.5. The Morgan fingerprint density at radius 3 is 2.74 bits per heavy atom. The highest BCUT2D eigenvalue weighted by Gasteiger charge is 2.14. The van der Waals surface area contributed by atoms with E-state index < -0.39 is 0 Å². The number of benzene rings is 1. The van der Waals surface area contributed by atoms with Crippen LogP contribution in [0.25, 0.3) is 16.9 Å². The Kier molecular flexibility index (Phi) is 4.76. The molecule has 0 bridgehead atoms. The van der Waals surface area contributed by atoms with Crippen LogP contribution in [0.4, 0.5) is 11.4 Å². The quantitative estimate of drug-likeness (QED) is 0.455. The normalized spacial score (nSPS) is 14.5. The zero-order valence-electron chi connectivity index (χ0n) is 15.1. The van der Waals surface area contributed by atoms with Crippen LogP contribution in [0.2, 0.25) is 0 Å². The third-order valence-corrected chi connectivity index (χ3v) is 4.79. The smallest absolute Gasteiger partial charge is 0.258 e. The third-order valence-electron chi connectivity index (χ3n) is 4.79. The van der Waals surface area contributed by atoms with Gasteiger partial charge in [-0.15, -0.1) is 0 Å². The van der Waals surface area contributed by atoms with Crippen molar-refractivity contribution in [3.63, 3.8) is 0 Å². The van der Waals surface area contributed by atoms with Crippen molar-refractivity contribution in [1.82, 2.24) is 14.7 Å². The van der Waals surface area contributed by atoms with Gasteiger partial charge < -0.3 is 15.0 Å². The monoisotopic (exact) mass is 368 g/mol. The number of methoxy groups -OCH3 is 1. The molecule has 1 fully saturated rings. The molecule has 1 aliphatic heterocycles. The Hall–Kier alpha value is -2.94. The summed E-state index contributed by atoms with van der Waals surface area (Å²) in [6.07, 6.45) is 1.85. The largest absolute Gasteiger partial charge is 0.491 e. The average molecular weight is 368 g/mol. The number of piperazine rings is 1. The number of fused-ring (bicyclic) bond motifs is 1. The Labute approximate surface area is 156 Å². The van der Waals surface area contributed by atoms with Gasteiger partial charge in [0.05, 0.1) is 18.5 Å². The Morgan fingerprint density at radius 2 is 2.00 bits per heavy atom. The van der Waals surface area contributed by atoms with Gasteiger partial charge in [0.2, 0.25) is 5.69 Å². The fourth-order valence-electron chi connectivity index (χ4n) is 3.34. The van der Waals surface area contributed by atoms with Crippen LogP contribution in [-0.2, 0) is 0 Å². The predicted octanol–water partition coefficient (Wildman–Crippen LogP) is 0.364. The molecule has 0 unspecified atom stereocenters. The number of anilines is 1. The van der Waals surface area contributed by atoms with Gasteiger partial charge in [-0.2, -0.15) is 5.48 Å². The fraction of sp³-hybridized carbons (Fsp3) is 0.263. The van der Waals surface area contributed by atoms with Gasteiger partial charge >= 0.3 is 0 Å². The Balaban J connectivity index is 1.75. The van der Waals surface area contributed by atoms with Crippen molar-refractivity contribution in [2.45, 2.75) is 0 Å². The summed E-state index contributed by atoms with van der Waals surface area (Å²) in [4.78, 5) is 19.6. The van der Waals surface area contributed by atoms with Gasteiger partial charge in [-0.05, 0) is 24.3 Å². The minimum absolute atomic E-state index is 0.141. The first-order valence-electron chi connectivity index (χ1n) is 8.84. The second kappa shape index (κ2) is 7.36. The summed E-state index contributed by atoms with van der Waals surface area (Å²) >= 11 is 0. The first-order chi connectivity index (χ1) is 13.2. The third kappa shape index (κ3) is 3.37. The van der Waals surface area contributed by atoms with Crippen molar-refractivity contribution >= 4 is 17.0 Å². The van der Waals surface area contributed by atoms with Gasteiger partial charge in [0.1, 0.15) is 5.65 Å². The zero-order valence-corrected chi connectivity index (χ0v) is 15.1. The fourth-order valence-corrected chi connectivity index (χ4v) is 3.34. The molecule has 3 aromatic rings. The van der Waals surface area contributed by atoms with E-state index in [0.29, 0.717) is 22.8 Å². The van der Waals surface area contributed by atoms with Crippen LogP contribution in [0, 0.1) is 0 Å². The van der Waals surface area contributed by atoms with Crippen LogP contribution in [-0.4, -0.2) is 47.9 Å². The molecule has 4 rings (SSSR count). The van der Waals surface area contributed by atoms with Crippen molar-refractivity contribution < 1.29 is 15.4 Å². The van der Waals surface area contributed by atoms with Gasteiger partial charge in [0, 0.05) is 50.1 Å². The Bertz CT molecular complexity index is 1030. The summed E-state index contributed by atoms with van der Waals surface area (Å²) in [5.41, 5.74) is 4.27. The maximum absolute atomic E-state index is 12.7. The second-order valence-electron chi connectivity index (χ2n) is 6.42. The molecule has 0 aliphatic carbocycles. The summed E-state index contributed by atoms with van der Waals surface area (Å²) in [7, 11) is 1.54. The molecular formula is C19H22N5O3+. The molecule has 0 saturated carbocycles. The number of pyridine rings is 1. The standard InChI is InChI=1S/C19H21N5O3/c1-27-17-4-2-13(10-16(17)22-26)15-11-19(25)24-12-14(3-5-18(24)21-15)23-8-6-20-7-9-23/h2-5,10-12,20,22,26H,6-9H2,1H3/p+1. The SMILES string of the molecule is COc1ccc(-c2cc(=O)n3cc(N4CCNCC4)ccc3n2)cc1[NH2+]O. The molecule has 8 heteroatoms. The number of ether oxygens (including phenoxy) is 1. The number of rotatable bonds is 4. The van der Waals surface area contributed by atoms with Crippen LogP contribution in [0.1, 0.15) is 0 Å². The van der Waals surface area contributed by atoms with E-state index >= 15 is 0 Å². The number of aromatic nitrogens is 2. The molecule has 4 N–H and O–H groups in total. The number of nitrogens with zero attached hydrogens (tertiary/aromatic N) is 3. The molecule has 0 radical (unpaired) electrons. The molecule has 2 aromatic heterocycles. The topological polar surface area (TPSA) is 95.7 Å². The van der Waals surface area contributed by atoms with Crippen molar-refractivity contribution in [2.75, 3.05) is 38.2 Å². The van der Waals surface area contributed by atoms with Gasteiger partial charge in [-0.25, -0.2) is 10.2 Å². The lowest BCUT2D eigenvalue weighted by Gasteiger charge is -2.29.